The SMILES string of the molecule is CC.Cc1cc(C(C)Nc2cccnc2-c2ccccc2F)c2oc(-c3cccnc3)c(C)c(=O)c2c1. The van der Waals surface area contributed by atoms with Gasteiger partial charge in [0.2, 0.25) is 0 Å². The summed E-state index contributed by atoms with van der Waals surface area (Å²) in [4.78, 5) is 21.9. The zero-order valence-electron chi connectivity index (χ0n) is 21.7. The van der Waals surface area contributed by atoms with Crippen molar-refractivity contribution in [2.24, 2.45) is 0 Å². The molecule has 3 aromatic heterocycles. The van der Waals surface area contributed by atoms with E-state index in [0.717, 1.165) is 16.7 Å². The van der Waals surface area contributed by atoms with Crippen molar-refractivity contribution < 1.29 is 8.81 Å². The molecule has 0 saturated carbocycles. The fourth-order valence-electron chi connectivity index (χ4n) is 4.36. The summed E-state index contributed by atoms with van der Waals surface area (Å²) in [5, 5.41) is 3.99. The Morgan fingerprint density at radius 3 is 2.46 bits per heavy atom. The van der Waals surface area contributed by atoms with Crippen molar-refractivity contribution >= 4 is 16.7 Å². The Hall–Kier alpha value is -4.32. The Labute approximate surface area is 216 Å². The lowest BCUT2D eigenvalue weighted by Crippen LogP contribution is -2.13. The van der Waals surface area contributed by atoms with E-state index >= 15 is 0 Å². The lowest BCUT2D eigenvalue weighted by Gasteiger charge is -2.20. The predicted molar refractivity (Wildman–Crippen MR) is 148 cm³/mol. The molecule has 1 atom stereocenters. The van der Waals surface area contributed by atoms with Gasteiger partial charge in [0.1, 0.15) is 17.2 Å². The third-order valence-corrected chi connectivity index (χ3v) is 6.09. The highest BCUT2D eigenvalue weighted by Crippen LogP contribution is 2.34. The van der Waals surface area contributed by atoms with E-state index in [1.54, 1.807) is 49.8 Å². The molecule has 0 bridgehead atoms. The molecular weight excluding hydrogens is 465 g/mol. The minimum absolute atomic E-state index is 0.0734. The zero-order chi connectivity index (χ0) is 26.5. The summed E-state index contributed by atoms with van der Waals surface area (Å²) in [6.45, 7) is 9.71. The number of aryl methyl sites for hydroxylation is 1. The summed E-state index contributed by atoms with van der Waals surface area (Å²) in [7, 11) is 0. The van der Waals surface area contributed by atoms with Crippen LogP contribution in [0.25, 0.3) is 33.6 Å². The Balaban J connectivity index is 0.00000156. The van der Waals surface area contributed by atoms with Crippen LogP contribution in [0.3, 0.4) is 0 Å². The van der Waals surface area contributed by atoms with Crippen molar-refractivity contribution in [3.63, 3.8) is 0 Å². The maximum Gasteiger partial charge on any atom is 0.196 e. The number of aromatic nitrogens is 2. The zero-order valence-corrected chi connectivity index (χ0v) is 21.7. The van der Waals surface area contributed by atoms with Crippen LogP contribution in [0, 0.1) is 19.7 Å². The number of pyridine rings is 2. The lowest BCUT2D eigenvalue weighted by atomic mass is 9.98. The number of rotatable bonds is 5. The van der Waals surface area contributed by atoms with Crippen molar-refractivity contribution in [3.8, 4) is 22.6 Å². The molecule has 0 aliphatic heterocycles. The monoisotopic (exact) mass is 495 g/mol. The number of anilines is 1. The first-order chi connectivity index (χ1) is 17.9. The van der Waals surface area contributed by atoms with Crippen LogP contribution in [0.2, 0.25) is 0 Å². The topological polar surface area (TPSA) is 68.0 Å². The van der Waals surface area contributed by atoms with Crippen LogP contribution in [-0.4, -0.2) is 9.97 Å². The Morgan fingerprint density at radius 1 is 0.973 bits per heavy atom. The molecule has 0 amide bonds. The van der Waals surface area contributed by atoms with Gasteiger partial charge in [-0.25, -0.2) is 4.39 Å². The molecule has 1 N–H and O–H groups in total. The van der Waals surface area contributed by atoms with Crippen LogP contribution in [-0.2, 0) is 0 Å². The largest absolute Gasteiger partial charge is 0.455 e. The van der Waals surface area contributed by atoms with E-state index in [4.69, 9.17) is 4.42 Å². The standard InChI is InChI=1S/C29H24FN3O2.C2H6/c1-17-14-22(19(3)33-25-11-7-13-32-26(25)21-9-4-5-10-24(21)30)29-23(15-17)27(34)18(2)28(35-29)20-8-6-12-31-16-20;1-2/h4-16,19,33H,1-3H3;1-2H3. The van der Waals surface area contributed by atoms with Crippen molar-refractivity contribution in [1.29, 1.82) is 0 Å². The first kappa shape index (κ1) is 25.8. The molecule has 0 fully saturated rings. The molecule has 5 aromatic rings. The van der Waals surface area contributed by atoms with Crippen molar-refractivity contribution in [2.45, 2.75) is 40.7 Å². The molecule has 188 valence electrons. The number of hydrogen-bond acceptors (Lipinski definition) is 5. The molecule has 5 rings (SSSR count). The molecule has 0 aliphatic carbocycles. The molecule has 0 aliphatic rings. The molecule has 3 heterocycles. The van der Waals surface area contributed by atoms with E-state index in [9.17, 15) is 9.18 Å². The van der Waals surface area contributed by atoms with Crippen LogP contribution in [0.5, 0.6) is 0 Å². The van der Waals surface area contributed by atoms with Crippen LogP contribution in [0.15, 0.2) is 88.5 Å². The van der Waals surface area contributed by atoms with Gasteiger partial charge in [0, 0.05) is 40.8 Å². The molecule has 2 aromatic carbocycles. The highest BCUT2D eigenvalue weighted by Gasteiger charge is 2.20. The Bertz CT molecular complexity index is 1600. The predicted octanol–water partition coefficient (Wildman–Crippen LogP) is 7.87. The normalized spacial score (nSPS) is 11.5. The van der Waals surface area contributed by atoms with E-state index < -0.39 is 0 Å². The first-order valence-corrected chi connectivity index (χ1v) is 12.4. The number of fused-ring (bicyclic) bond motifs is 1. The Morgan fingerprint density at radius 2 is 1.73 bits per heavy atom. The molecule has 6 heteroatoms. The number of nitrogens with one attached hydrogen (secondary N) is 1. The maximum absolute atomic E-state index is 14.5. The third-order valence-electron chi connectivity index (χ3n) is 6.09. The van der Waals surface area contributed by atoms with E-state index in [-0.39, 0.29) is 17.3 Å². The lowest BCUT2D eigenvalue weighted by molar-refractivity contribution is 0.605. The molecule has 5 nitrogen and oxygen atoms in total. The van der Waals surface area contributed by atoms with E-state index in [0.29, 0.717) is 39.2 Å². The summed E-state index contributed by atoms with van der Waals surface area (Å²) < 4.78 is 20.9. The smallest absolute Gasteiger partial charge is 0.196 e. The van der Waals surface area contributed by atoms with E-state index in [1.807, 2.05) is 58.0 Å². The van der Waals surface area contributed by atoms with Gasteiger partial charge in [0.25, 0.3) is 0 Å². The third kappa shape index (κ3) is 5.14. The number of benzene rings is 2. The van der Waals surface area contributed by atoms with E-state index in [2.05, 4.69) is 15.3 Å². The number of nitrogens with zero attached hydrogens (tertiary/aromatic N) is 2. The van der Waals surface area contributed by atoms with Crippen LogP contribution in [0.1, 0.15) is 43.5 Å². The van der Waals surface area contributed by atoms with Crippen molar-refractivity contribution in [1.82, 2.24) is 9.97 Å². The van der Waals surface area contributed by atoms with E-state index in [1.165, 1.54) is 6.07 Å². The van der Waals surface area contributed by atoms with Crippen LogP contribution in [0.4, 0.5) is 10.1 Å². The van der Waals surface area contributed by atoms with Gasteiger partial charge < -0.3 is 9.73 Å². The van der Waals surface area contributed by atoms with Crippen molar-refractivity contribution in [3.05, 3.63) is 112 Å². The summed E-state index contributed by atoms with van der Waals surface area (Å²) in [6, 6.07) is 17.5. The average Bonchev–Trinajstić information content (AvgIpc) is 2.93. The first-order valence-electron chi connectivity index (χ1n) is 12.4. The van der Waals surface area contributed by atoms with Gasteiger partial charge in [0.15, 0.2) is 5.43 Å². The molecule has 0 radical (unpaired) electrons. The summed E-state index contributed by atoms with van der Waals surface area (Å²) in [5.74, 6) is 0.159. The molecule has 0 spiro atoms. The van der Waals surface area contributed by atoms with Gasteiger partial charge in [-0.05, 0) is 68.8 Å². The molecule has 37 heavy (non-hydrogen) atoms. The van der Waals surface area contributed by atoms with Gasteiger partial charge in [-0.15, -0.1) is 0 Å². The second-order valence-corrected chi connectivity index (χ2v) is 8.60. The highest BCUT2D eigenvalue weighted by molar-refractivity contribution is 5.85. The quantitative estimate of drug-likeness (QED) is 0.269. The minimum atomic E-state index is -0.342. The van der Waals surface area contributed by atoms with Gasteiger partial charge in [-0.3, -0.25) is 14.8 Å². The summed E-state index contributed by atoms with van der Waals surface area (Å²) in [5.41, 5.74) is 5.11. The molecule has 0 saturated heterocycles. The fraction of sp³-hybridized carbons (Fsp3) is 0.194. The summed E-state index contributed by atoms with van der Waals surface area (Å²) >= 11 is 0. The van der Waals surface area contributed by atoms with Gasteiger partial charge in [-0.2, -0.15) is 0 Å². The van der Waals surface area contributed by atoms with Crippen LogP contribution >= 0.6 is 0 Å². The van der Waals surface area contributed by atoms with Crippen LogP contribution < -0.4 is 10.7 Å². The number of hydrogen-bond donors (Lipinski definition) is 1. The number of halogens is 1. The molecule has 1 unspecified atom stereocenters. The van der Waals surface area contributed by atoms with Gasteiger partial charge in [0.05, 0.1) is 22.8 Å². The second kappa shape index (κ2) is 11.2. The highest BCUT2D eigenvalue weighted by atomic mass is 19.1. The summed E-state index contributed by atoms with van der Waals surface area (Å²) in [6.07, 6.45) is 5.00. The average molecular weight is 496 g/mol. The van der Waals surface area contributed by atoms with Gasteiger partial charge in [-0.1, -0.05) is 32.0 Å². The molecular formula is C31H30FN3O2. The van der Waals surface area contributed by atoms with Crippen molar-refractivity contribution in [2.75, 3.05) is 5.32 Å². The Kier molecular flexibility index (Phi) is 7.77. The van der Waals surface area contributed by atoms with Gasteiger partial charge >= 0.3 is 0 Å². The fourth-order valence-corrected chi connectivity index (χ4v) is 4.36. The maximum atomic E-state index is 14.5. The minimum Gasteiger partial charge on any atom is -0.455 e. The second-order valence-electron chi connectivity index (χ2n) is 8.60.